The first-order valence-corrected chi connectivity index (χ1v) is 7.39. The minimum absolute atomic E-state index is 0.246. The highest BCUT2D eigenvalue weighted by Crippen LogP contribution is 2.49. The molecule has 1 fully saturated rings. The Hall–Kier alpha value is -1.67. The maximum absolute atomic E-state index is 11.3. The molecule has 2 rings (SSSR count). The van der Waals surface area contributed by atoms with Crippen molar-refractivity contribution in [3.63, 3.8) is 0 Å². The second-order valence-corrected chi connectivity index (χ2v) is 6.58. The molecule has 128 valence electrons. The van der Waals surface area contributed by atoms with Gasteiger partial charge in [-0.1, -0.05) is 18.2 Å². The Morgan fingerprint density at radius 2 is 1.65 bits per heavy atom. The van der Waals surface area contributed by atoms with Crippen LogP contribution in [0.3, 0.4) is 0 Å². The minimum atomic E-state index is -0.811. The predicted octanol–water partition coefficient (Wildman–Crippen LogP) is 2.19. The van der Waals surface area contributed by atoms with Crippen LogP contribution >= 0.6 is 0 Å². The summed E-state index contributed by atoms with van der Waals surface area (Å²) in [5.74, 6) is -0.108. The SMILES string of the molecule is COC(=O)COc1ccccc1C1N(O)C(C)(C)C(C)(C)N1O. The van der Waals surface area contributed by atoms with Gasteiger partial charge in [-0.05, 0) is 33.8 Å². The van der Waals surface area contributed by atoms with Crippen molar-refractivity contribution in [2.45, 2.75) is 44.9 Å². The molecule has 1 aliphatic heterocycles. The van der Waals surface area contributed by atoms with Crippen LogP contribution in [-0.2, 0) is 9.53 Å². The molecule has 0 bridgehead atoms. The van der Waals surface area contributed by atoms with Gasteiger partial charge in [-0.2, -0.15) is 10.1 Å². The Labute approximate surface area is 135 Å². The molecule has 0 unspecified atom stereocenters. The van der Waals surface area contributed by atoms with Gasteiger partial charge in [0.05, 0.1) is 18.2 Å². The highest BCUT2D eigenvalue weighted by atomic mass is 16.6. The molecule has 0 aliphatic carbocycles. The lowest BCUT2D eigenvalue weighted by molar-refractivity contribution is -0.223. The molecule has 7 heteroatoms. The number of nitrogens with zero attached hydrogens (tertiary/aromatic N) is 2. The van der Waals surface area contributed by atoms with Crippen molar-refractivity contribution in [2.24, 2.45) is 0 Å². The van der Waals surface area contributed by atoms with Crippen LogP contribution in [0.4, 0.5) is 0 Å². The van der Waals surface area contributed by atoms with Gasteiger partial charge < -0.3 is 19.9 Å². The molecule has 1 saturated heterocycles. The first-order chi connectivity index (χ1) is 10.6. The molecule has 7 nitrogen and oxygen atoms in total. The summed E-state index contributed by atoms with van der Waals surface area (Å²) in [6, 6.07) is 6.95. The summed E-state index contributed by atoms with van der Waals surface area (Å²) in [7, 11) is 1.28. The zero-order valence-electron chi connectivity index (χ0n) is 14.1. The van der Waals surface area contributed by atoms with Gasteiger partial charge in [0, 0.05) is 5.56 Å². The fourth-order valence-corrected chi connectivity index (χ4v) is 2.56. The van der Waals surface area contributed by atoms with Crippen molar-refractivity contribution < 1.29 is 24.7 Å². The summed E-state index contributed by atoms with van der Waals surface area (Å²) in [4.78, 5) is 11.3. The van der Waals surface area contributed by atoms with E-state index in [0.29, 0.717) is 11.3 Å². The van der Waals surface area contributed by atoms with Crippen LogP contribution in [0, 0.1) is 0 Å². The molecule has 0 spiro atoms. The molecule has 0 amide bonds. The van der Waals surface area contributed by atoms with Crippen molar-refractivity contribution in [1.29, 1.82) is 0 Å². The van der Waals surface area contributed by atoms with E-state index in [4.69, 9.17) is 4.74 Å². The molecular formula is C16H24N2O5. The number of hydrogen-bond acceptors (Lipinski definition) is 7. The van der Waals surface area contributed by atoms with Gasteiger partial charge in [0.2, 0.25) is 0 Å². The molecule has 1 aliphatic rings. The summed E-state index contributed by atoms with van der Waals surface area (Å²) < 4.78 is 10.0. The largest absolute Gasteiger partial charge is 0.482 e. The molecule has 0 radical (unpaired) electrons. The van der Waals surface area contributed by atoms with Crippen LogP contribution < -0.4 is 4.74 Å². The van der Waals surface area contributed by atoms with Crippen molar-refractivity contribution in [3.8, 4) is 5.75 Å². The highest BCUT2D eigenvalue weighted by molar-refractivity contribution is 5.70. The summed E-state index contributed by atoms with van der Waals surface area (Å²) in [5.41, 5.74) is -0.857. The topological polar surface area (TPSA) is 82.5 Å². The Balaban J connectivity index is 2.37. The maximum atomic E-state index is 11.3. The lowest BCUT2D eigenvalue weighted by Crippen LogP contribution is -2.52. The number of carbonyl (C=O) groups is 1. The number of hydroxylamine groups is 4. The number of benzene rings is 1. The van der Waals surface area contributed by atoms with Gasteiger partial charge in [0.15, 0.2) is 6.61 Å². The van der Waals surface area contributed by atoms with Crippen LogP contribution in [0.5, 0.6) is 5.75 Å². The molecule has 1 heterocycles. The summed E-state index contributed by atoms with van der Waals surface area (Å²) in [5, 5.41) is 23.4. The molecule has 1 aromatic rings. The van der Waals surface area contributed by atoms with E-state index in [9.17, 15) is 15.2 Å². The van der Waals surface area contributed by atoms with E-state index in [1.807, 2.05) is 27.7 Å². The fourth-order valence-electron chi connectivity index (χ4n) is 2.56. The van der Waals surface area contributed by atoms with E-state index in [1.54, 1.807) is 24.3 Å². The van der Waals surface area contributed by atoms with Crippen LogP contribution in [-0.4, -0.2) is 51.3 Å². The third kappa shape index (κ3) is 2.81. The molecule has 0 saturated carbocycles. The standard InChI is InChI=1S/C16H24N2O5/c1-15(2)16(3,4)18(21)14(17(15)20)11-8-6-7-9-12(11)23-10-13(19)22-5/h6-9,14,20-21H,10H2,1-5H3. The number of rotatable bonds is 4. The lowest BCUT2D eigenvalue weighted by Gasteiger charge is -2.37. The van der Waals surface area contributed by atoms with E-state index in [-0.39, 0.29) is 6.61 Å². The second-order valence-electron chi connectivity index (χ2n) is 6.58. The first-order valence-electron chi connectivity index (χ1n) is 7.39. The van der Waals surface area contributed by atoms with Crippen LogP contribution in [0.2, 0.25) is 0 Å². The lowest BCUT2D eigenvalue weighted by atomic mass is 9.84. The third-order valence-corrected chi connectivity index (χ3v) is 4.88. The van der Waals surface area contributed by atoms with Gasteiger partial charge in [0.25, 0.3) is 0 Å². The molecule has 1 aromatic carbocycles. The minimum Gasteiger partial charge on any atom is -0.482 e. The second kappa shape index (κ2) is 6.09. The fraction of sp³-hybridized carbons (Fsp3) is 0.562. The molecule has 0 aromatic heterocycles. The first kappa shape index (κ1) is 17.7. The maximum Gasteiger partial charge on any atom is 0.343 e. The average molecular weight is 324 g/mol. The van der Waals surface area contributed by atoms with Gasteiger partial charge in [-0.25, -0.2) is 4.79 Å². The van der Waals surface area contributed by atoms with Gasteiger partial charge >= 0.3 is 5.97 Å². The van der Waals surface area contributed by atoms with E-state index in [1.165, 1.54) is 7.11 Å². The zero-order chi connectivity index (χ0) is 17.4. The van der Waals surface area contributed by atoms with Crippen LogP contribution in [0.15, 0.2) is 24.3 Å². The van der Waals surface area contributed by atoms with E-state index >= 15 is 0 Å². The smallest absolute Gasteiger partial charge is 0.343 e. The number of carbonyl (C=O) groups excluding carboxylic acids is 1. The molecular weight excluding hydrogens is 300 g/mol. The number of hydrogen-bond donors (Lipinski definition) is 2. The molecule has 23 heavy (non-hydrogen) atoms. The van der Waals surface area contributed by atoms with Crippen molar-refractivity contribution >= 4 is 5.97 Å². The Morgan fingerprint density at radius 3 is 2.17 bits per heavy atom. The zero-order valence-corrected chi connectivity index (χ0v) is 14.1. The van der Waals surface area contributed by atoms with E-state index < -0.39 is 23.2 Å². The summed E-state index contributed by atoms with van der Waals surface area (Å²) in [6.07, 6.45) is -0.811. The Morgan fingerprint density at radius 1 is 1.13 bits per heavy atom. The van der Waals surface area contributed by atoms with Crippen molar-refractivity contribution in [3.05, 3.63) is 29.8 Å². The van der Waals surface area contributed by atoms with E-state index in [0.717, 1.165) is 10.1 Å². The average Bonchev–Trinajstić information content (AvgIpc) is 2.63. The number of esters is 1. The van der Waals surface area contributed by atoms with Crippen LogP contribution in [0.1, 0.15) is 39.4 Å². The third-order valence-electron chi connectivity index (χ3n) is 4.88. The number of ether oxygens (including phenoxy) is 2. The summed E-state index contributed by atoms with van der Waals surface area (Å²) in [6.45, 7) is 7.12. The number of methoxy groups -OCH3 is 1. The van der Waals surface area contributed by atoms with Crippen molar-refractivity contribution in [1.82, 2.24) is 10.1 Å². The van der Waals surface area contributed by atoms with Crippen LogP contribution in [0.25, 0.3) is 0 Å². The quantitative estimate of drug-likeness (QED) is 0.821. The Bertz CT molecular complexity index is 568. The van der Waals surface area contributed by atoms with Crippen molar-refractivity contribution in [2.75, 3.05) is 13.7 Å². The summed E-state index contributed by atoms with van der Waals surface area (Å²) >= 11 is 0. The van der Waals surface area contributed by atoms with Gasteiger partial charge in [-0.3, -0.25) is 0 Å². The van der Waals surface area contributed by atoms with Gasteiger partial charge in [-0.15, -0.1) is 0 Å². The van der Waals surface area contributed by atoms with Gasteiger partial charge in [0.1, 0.15) is 11.9 Å². The number of para-hydroxylation sites is 1. The van der Waals surface area contributed by atoms with E-state index in [2.05, 4.69) is 4.74 Å². The Kier molecular flexibility index (Phi) is 4.68. The predicted molar refractivity (Wildman–Crippen MR) is 82.1 cm³/mol. The normalized spacial score (nSPS) is 21.3. The molecule has 2 N–H and O–H groups in total. The highest BCUT2D eigenvalue weighted by Gasteiger charge is 2.58. The monoisotopic (exact) mass is 324 g/mol. The molecule has 0 atom stereocenters.